The lowest BCUT2D eigenvalue weighted by Gasteiger charge is -2.21. The minimum Gasteiger partial charge on any atom is -0.488 e. The Balaban J connectivity index is 1.53. The molecule has 1 saturated carbocycles. The number of hydrogen-bond donors (Lipinski definition) is 3. The van der Waals surface area contributed by atoms with Gasteiger partial charge in [-0.2, -0.15) is 0 Å². The van der Waals surface area contributed by atoms with Crippen LogP contribution in [0.4, 0.5) is 0 Å². The van der Waals surface area contributed by atoms with Gasteiger partial charge < -0.3 is 20.1 Å². The molecule has 1 aliphatic rings. The van der Waals surface area contributed by atoms with Crippen molar-refractivity contribution < 1.29 is 14.6 Å². The molecule has 1 amide bonds. The van der Waals surface area contributed by atoms with Crippen LogP contribution in [0.25, 0.3) is 0 Å². The number of ether oxygens (including phenoxy) is 1. The zero-order chi connectivity index (χ0) is 16.9. The Morgan fingerprint density at radius 1 is 1.17 bits per heavy atom. The van der Waals surface area contributed by atoms with E-state index in [1.54, 1.807) is 6.07 Å². The standard InChI is InChI=1S/C18H20N2O4/c21-16-8-4-7-14(20-16)18(23)19-11-12-9-10-15(17(12)22)24-13-5-2-1-3-6-13/h1-8,12,15,17,22H,9-11H2,(H,19,23)(H,20,21)/t12-,15-,17-/m1/s1. The van der Waals surface area contributed by atoms with Gasteiger partial charge in [0.05, 0.1) is 6.10 Å². The van der Waals surface area contributed by atoms with E-state index in [0.717, 1.165) is 18.6 Å². The van der Waals surface area contributed by atoms with Crippen LogP contribution >= 0.6 is 0 Å². The molecule has 0 saturated heterocycles. The molecule has 24 heavy (non-hydrogen) atoms. The number of H-pyrrole nitrogens is 1. The third-order valence-electron chi connectivity index (χ3n) is 4.25. The topological polar surface area (TPSA) is 91.4 Å². The molecule has 1 aromatic heterocycles. The quantitative estimate of drug-likeness (QED) is 0.772. The van der Waals surface area contributed by atoms with Crippen molar-refractivity contribution in [1.82, 2.24) is 10.3 Å². The monoisotopic (exact) mass is 328 g/mol. The molecule has 126 valence electrons. The molecule has 6 nitrogen and oxygen atoms in total. The van der Waals surface area contributed by atoms with Gasteiger partial charge in [0.25, 0.3) is 5.91 Å². The summed E-state index contributed by atoms with van der Waals surface area (Å²) in [5, 5.41) is 13.2. The fraction of sp³-hybridized carbons (Fsp3) is 0.333. The summed E-state index contributed by atoms with van der Waals surface area (Å²) in [7, 11) is 0. The van der Waals surface area contributed by atoms with E-state index >= 15 is 0 Å². The summed E-state index contributed by atoms with van der Waals surface area (Å²) in [6, 6.07) is 13.8. The number of benzene rings is 1. The summed E-state index contributed by atoms with van der Waals surface area (Å²) in [6.07, 6.45) is 0.592. The molecule has 0 spiro atoms. The number of rotatable bonds is 5. The lowest BCUT2D eigenvalue weighted by Crippen LogP contribution is -2.37. The van der Waals surface area contributed by atoms with Gasteiger partial charge in [0, 0.05) is 18.5 Å². The van der Waals surface area contributed by atoms with Crippen molar-refractivity contribution in [3.63, 3.8) is 0 Å². The molecule has 1 fully saturated rings. The van der Waals surface area contributed by atoms with Gasteiger partial charge >= 0.3 is 0 Å². The summed E-state index contributed by atoms with van der Waals surface area (Å²) >= 11 is 0. The van der Waals surface area contributed by atoms with Crippen LogP contribution in [-0.4, -0.2) is 34.8 Å². The van der Waals surface area contributed by atoms with Crippen LogP contribution in [0.2, 0.25) is 0 Å². The van der Waals surface area contributed by atoms with E-state index in [9.17, 15) is 14.7 Å². The van der Waals surface area contributed by atoms with E-state index in [1.807, 2.05) is 30.3 Å². The van der Waals surface area contributed by atoms with Crippen molar-refractivity contribution in [2.45, 2.75) is 25.0 Å². The first-order valence-corrected chi connectivity index (χ1v) is 8.01. The lowest BCUT2D eigenvalue weighted by molar-refractivity contribution is 0.0348. The fourth-order valence-corrected chi connectivity index (χ4v) is 2.95. The molecule has 2 aromatic rings. The Morgan fingerprint density at radius 3 is 2.71 bits per heavy atom. The third-order valence-corrected chi connectivity index (χ3v) is 4.25. The first-order valence-electron chi connectivity index (χ1n) is 8.01. The highest BCUT2D eigenvalue weighted by Gasteiger charge is 2.36. The fourth-order valence-electron chi connectivity index (χ4n) is 2.95. The van der Waals surface area contributed by atoms with E-state index < -0.39 is 6.10 Å². The number of hydrogen-bond acceptors (Lipinski definition) is 4. The molecular formula is C18H20N2O4. The molecular weight excluding hydrogens is 308 g/mol. The smallest absolute Gasteiger partial charge is 0.267 e. The second kappa shape index (κ2) is 7.31. The molecule has 0 radical (unpaired) electrons. The summed E-state index contributed by atoms with van der Waals surface area (Å²) in [5.74, 6) is 0.304. The van der Waals surface area contributed by atoms with Crippen molar-refractivity contribution >= 4 is 5.91 Å². The van der Waals surface area contributed by atoms with Gasteiger partial charge in [-0.25, -0.2) is 0 Å². The highest BCUT2D eigenvalue weighted by Crippen LogP contribution is 2.29. The number of nitrogens with one attached hydrogen (secondary N) is 2. The molecule has 3 N–H and O–H groups in total. The highest BCUT2D eigenvalue weighted by molar-refractivity contribution is 5.92. The predicted octanol–water partition coefficient (Wildman–Crippen LogP) is 1.32. The molecule has 1 heterocycles. The lowest BCUT2D eigenvalue weighted by atomic mass is 10.1. The van der Waals surface area contributed by atoms with Gasteiger partial charge in [0.1, 0.15) is 17.5 Å². The number of amides is 1. The van der Waals surface area contributed by atoms with Crippen molar-refractivity contribution in [3.05, 3.63) is 64.6 Å². The molecule has 1 aliphatic carbocycles. The zero-order valence-electron chi connectivity index (χ0n) is 13.1. The largest absolute Gasteiger partial charge is 0.488 e. The zero-order valence-corrected chi connectivity index (χ0v) is 13.1. The maximum Gasteiger partial charge on any atom is 0.267 e. The van der Waals surface area contributed by atoms with Gasteiger partial charge in [-0.15, -0.1) is 0 Å². The molecule has 0 unspecified atom stereocenters. The molecule has 0 aliphatic heterocycles. The second-order valence-corrected chi connectivity index (χ2v) is 5.94. The average molecular weight is 328 g/mol. The number of aromatic amines is 1. The number of para-hydroxylation sites is 1. The number of aromatic nitrogens is 1. The average Bonchev–Trinajstić information content (AvgIpc) is 2.94. The molecule has 3 rings (SSSR count). The normalized spacial score (nSPS) is 23.0. The van der Waals surface area contributed by atoms with Crippen molar-refractivity contribution in [1.29, 1.82) is 0 Å². The predicted molar refractivity (Wildman–Crippen MR) is 89.0 cm³/mol. The number of carbonyl (C=O) groups excluding carboxylic acids is 1. The number of pyridine rings is 1. The van der Waals surface area contributed by atoms with Crippen LogP contribution in [0.3, 0.4) is 0 Å². The Morgan fingerprint density at radius 2 is 1.96 bits per heavy atom. The van der Waals surface area contributed by atoms with E-state index in [-0.39, 0.29) is 29.2 Å². The van der Waals surface area contributed by atoms with E-state index in [4.69, 9.17) is 4.74 Å². The van der Waals surface area contributed by atoms with Crippen molar-refractivity contribution in [2.75, 3.05) is 6.54 Å². The molecule has 3 atom stereocenters. The van der Waals surface area contributed by atoms with E-state index in [1.165, 1.54) is 12.1 Å². The highest BCUT2D eigenvalue weighted by atomic mass is 16.5. The minimum absolute atomic E-state index is 0.0712. The van der Waals surface area contributed by atoms with Crippen molar-refractivity contribution in [3.8, 4) is 5.75 Å². The maximum absolute atomic E-state index is 12.0. The van der Waals surface area contributed by atoms with Crippen LogP contribution in [0.5, 0.6) is 5.75 Å². The van der Waals surface area contributed by atoms with E-state index in [2.05, 4.69) is 10.3 Å². The summed E-state index contributed by atoms with van der Waals surface area (Å²) in [4.78, 5) is 25.8. The Kier molecular flexibility index (Phi) is 4.96. The first kappa shape index (κ1) is 16.3. The number of aliphatic hydroxyl groups excluding tert-OH is 1. The van der Waals surface area contributed by atoms with Gasteiger partial charge in [0.2, 0.25) is 5.56 Å². The van der Waals surface area contributed by atoms with Crippen LogP contribution in [0, 0.1) is 5.92 Å². The maximum atomic E-state index is 12.0. The molecule has 0 bridgehead atoms. The van der Waals surface area contributed by atoms with Gasteiger partial charge in [-0.3, -0.25) is 9.59 Å². The van der Waals surface area contributed by atoms with Crippen LogP contribution in [-0.2, 0) is 0 Å². The first-order chi connectivity index (χ1) is 11.6. The van der Waals surface area contributed by atoms with Gasteiger partial charge in [-0.05, 0) is 31.0 Å². The Hall–Kier alpha value is -2.60. The number of aliphatic hydroxyl groups is 1. The van der Waals surface area contributed by atoms with E-state index in [0.29, 0.717) is 6.54 Å². The molecule has 6 heteroatoms. The SMILES string of the molecule is O=C(NC[C@H]1CC[C@@H](Oc2ccccc2)[C@@H]1O)c1cccc(=O)[nH]1. The van der Waals surface area contributed by atoms with Crippen LogP contribution in [0.1, 0.15) is 23.3 Å². The van der Waals surface area contributed by atoms with Gasteiger partial charge in [0.15, 0.2) is 0 Å². The van der Waals surface area contributed by atoms with Crippen molar-refractivity contribution in [2.24, 2.45) is 5.92 Å². The summed E-state index contributed by atoms with van der Waals surface area (Å²) in [6.45, 7) is 0.339. The number of carbonyl (C=O) groups is 1. The Labute approximate surface area is 139 Å². The van der Waals surface area contributed by atoms with Crippen LogP contribution in [0.15, 0.2) is 53.3 Å². The van der Waals surface area contributed by atoms with Gasteiger partial charge in [-0.1, -0.05) is 24.3 Å². The van der Waals surface area contributed by atoms with Crippen LogP contribution < -0.4 is 15.6 Å². The second-order valence-electron chi connectivity index (χ2n) is 5.94. The minimum atomic E-state index is -0.639. The third kappa shape index (κ3) is 3.83. The molecule has 1 aromatic carbocycles. The Bertz CT molecular complexity index is 744. The summed E-state index contributed by atoms with van der Waals surface area (Å²) in [5.41, 5.74) is -0.105. The summed E-state index contributed by atoms with van der Waals surface area (Å²) < 4.78 is 5.81.